The van der Waals surface area contributed by atoms with E-state index in [1.807, 2.05) is 0 Å². The molecule has 0 aliphatic heterocycles. The van der Waals surface area contributed by atoms with Crippen LogP contribution in [0.15, 0.2) is 36.7 Å². The van der Waals surface area contributed by atoms with E-state index in [0.29, 0.717) is 23.0 Å². The van der Waals surface area contributed by atoms with Crippen molar-refractivity contribution in [1.82, 2.24) is 4.98 Å². The second-order valence-electron chi connectivity index (χ2n) is 3.50. The highest BCUT2D eigenvalue weighted by Crippen LogP contribution is 2.07. The van der Waals surface area contributed by atoms with Gasteiger partial charge in [-0.3, -0.25) is 9.78 Å². The van der Waals surface area contributed by atoms with E-state index in [1.165, 1.54) is 18.5 Å². The lowest BCUT2D eigenvalue weighted by Crippen LogP contribution is -1.86. The van der Waals surface area contributed by atoms with E-state index in [1.54, 1.807) is 6.07 Å². The van der Waals surface area contributed by atoms with Gasteiger partial charge in [0, 0.05) is 29.1 Å². The van der Waals surface area contributed by atoms with Crippen LogP contribution in [0.1, 0.15) is 21.5 Å². The molecular weight excluding hydrogens is 236 g/mol. The summed E-state index contributed by atoms with van der Waals surface area (Å²) < 4.78 is 25.6. The summed E-state index contributed by atoms with van der Waals surface area (Å²) >= 11 is 0. The first-order valence-corrected chi connectivity index (χ1v) is 5.06. The monoisotopic (exact) mass is 243 g/mol. The van der Waals surface area contributed by atoms with Crippen molar-refractivity contribution in [3.63, 3.8) is 0 Å². The number of hydrogen-bond donors (Lipinski definition) is 0. The highest BCUT2D eigenvalue weighted by Gasteiger charge is 2.00. The number of aldehydes is 1. The van der Waals surface area contributed by atoms with Crippen LogP contribution >= 0.6 is 0 Å². The van der Waals surface area contributed by atoms with Gasteiger partial charge in [0.2, 0.25) is 0 Å². The Bertz CT molecular complexity index is 656. The molecule has 0 radical (unpaired) electrons. The molecule has 0 amide bonds. The minimum absolute atomic E-state index is 0.352. The highest BCUT2D eigenvalue weighted by atomic mass is 19.2. The molecule has 1 aromatic carbocycles. The van der Waals surface area contributed by atoms with Crippen LogP contribution in [0.3, 0.4) is 0 Å². The van der Waals surface area contributed by atoms with Gasteiger partial charge in [-0.15, -0.1) is 0 Å². The molecule has 0 fully saturated rings. The van der Waals surface area contributed by atoms with Crippen molar-refractivity contribution in [2.24, 2.45) is 0 Å². The van der Waals surface area contributed by atoms with Gasteiger partial charge in [0.05, 0.1) is 0 Å². The molecule has 2 rings (SSSR count). The van der Waals surface area contributed by atoms with Crippen molar-refractivity contribution in [2.75, 3.05) is 0 Å². The summed E-state index contributed by atoms with van der Waals surface area (Å²) in [5, 5.41) is 0. The number of pyridine rings is 1. The fourth-order valence-corrected chi connectivity index (χ4v) is 1.31. The van der Waals surface area contributed by atoms with E-state index in [9.17, 15) is 13.6 Å². The lowest BCUT2D eigenvalue weighted by atomic mass is 10.2. The SMILES string of the molecule is O=Cc1cncc(C#Cc2ccc(F)c(F)c2)c1. The summed E-state index contributed by atoms with van der Waals surface area (Å²) in [5.41, 5.74) is 1.29. The fourth-order valence-electron chi connectivity index (χ4n) is 1.31. The number of carbonyl (C=O) groups is 1. The van der Waals surface area contributed by atoms with Crippen LogP contribution in [0.4, 0.5) is 8.78 Å². The van der Waals surface area contributed by atoms with Gasteiger partial charge >= 0.3 is 0 Å². The first kappa shape index (κ1) is 11.9. The smallest absolute Gasteiger partial charge is 0.160 e. The normalized spacial score (nSPS) is 9.44. The highest BCUT2D eigenvalue weighted by molar-refractivity contribution is 5.74. The summed E-state index contributed by atoms with van der Waals surface area (Å²) in [6.45, 7) is 0. The maximum Gasteiger partial charge on any atom is 0.160 e. The van der Waals surface area contributed by atoms with Crippen LogP contribution in [-0.4, -0.2) is 11.3 Å². The van der Waals surface area contributed by atoms with Crippen molar-refractivity contribution < 1.29 is 13.6 Å². The van der Waals surface area contributed by atoms with Gasteiger partial charge in [0.15, 0.2) is 17.9 Å². The quantitative estimate of drug-likeness (QED) is 0.569. The lowest BCUT2D eigenvalue weighted by molar-refractivity contribution is 0.112. The molecule has 0 saturated carbocycles. The molecule has 2 nitrogen and oxygen atoms in total. The molecule has 0 spiro atoms. The van der Waals surface area contributed by atoms with Crippen molar-refractivity contribution in [3.8, 4) is 11.8 Å². The zero-order valence-electron chi connectivity index (χ0n) is 9.15. The predicted molar refractivity (Wildman–Crippen MR) is 62.0 cm³/mol. The van der Waals surface area contributed by atoms with Crippen molar-refractivity contribution in [2.45, 2.75) is 0 Å². The lowest BCUT2D eigenvalue weighted by Gasteiger charge is -1.93. The second-order valence-corrected chi connectivity index (χ2v) is 3.50. The number of nitrogens with zero attached hydrogens (tertiary/aromatic N) is 1. The van der Waals surface area contributed by atoms with Crippen molar-refractivity contribution in [1.29, 1.82) is 0 Å². The summed E-state index contributed by atoms with van der Waals surface area (Å²) in [6.07, 6.45) is 3.56. The second kappa shape index (κ2) is 5.19. The molecule has 0 aliphatic carbocycles. The molecule has 0 aliphatic rings. The molecule has 1 aromatic heterocycles. The number of benzene rings is 1. The summed E-state index contributed by atoms with van der Waals surface area (Å²) in [5.74, 6) is 3.53. The summed E-state index contributed by atoms with van der Waals surface area (Å²) in [7, 11) is 0. The molecule has 0 bridgehead atoms. The molecule has 0 unspecified atom stereocenters. The van der Waals surface area contributed by atoms with E-state index in [2.05, 4.69) is 16.8 Å². The van der Waals surface area contributed by atoms with Crippen LogP contribution in [-0.2, 0) is 0 Å². The zero-order chi connectivity index (χ0) is 13.0. The Balaban J connectivity index is 2.30. The Morgan fingerprint density at radius 2 is 1.78 bits per heavy atom. The van der Waals surface area contributed by atoms with Gasteiger partial charge in [-0.1, -0.05) is 11.8 Å². The third-order valence-corrected chi connectivity index (χ3v) is 2.17. The fraction of sp³-hybridized carbons (Fsp3) is 0. The average Bonchev–Trinajstić information content (AvgIpc) is 2.40. The van der Waals surface area contributed by atoms with Crippen LogP contribution in [0.2, 0.25) is 0 Å². The van der Waals surface area contributed by atoms with E-state index in [4.69, 9.17) is 0 Å². The number of carbonyl (C=O) groups excluding carboxylic acids is 1. The predicted octanol–water partition coefficient (Wildman–Crippen LogP) is 2.57. The minimum atomic E-state index is -0.943. The Morgan fingerprint density at radius 3 is 2.50 bits per heavy atom. The molecule has 0 N–H and O–H groups in total. The number of rotatable bonds is 1. The molecule has 1 heterocycles. The average molecular weight is 243 g/mol. The van der Waals surface area contributed by atoms with E-state index in [0.717, 1.165) is 12.1 Å². The topological polar surface area (TPSA) is 30.0 Å². The third-order valence-electron chi connectivity index (χ3n) is 2.17. The van der Waals surface area contributed by atoms with Crippen LogP contribution in [0.25, 0.3) is 0 Å². The van der Waals surface area contributed by atoms with Gasteiger partial charge in [-0.2, -0.15) is 0 Å². The number of aromatic nitrogens is 1. The molecule has 0 saturated heterocycles. The van der Waals surface area contributed by atoms with Crippen LogP contribution < -0.4 is 0 Å². The number of halogens is 2. The van der Waals surface area contributed by atoms with E-state index >= 15 is 0 Å². The Kier molecular flexibility index (Phi) is 3.44. The van der Waals surface area contributed by atoms with Gasteiger partial charge in [-0.25, -0.2) is 8.78 Å². The standard InChI is InChI=1S/C14H7F2NO/c15-13-4-3-10(6-14(13)16)1-2-11-5-12(9-18)8-17-7-11/h3-9H. The summed E-state index contributed by atoms with van der Waals surface area (Å²) in [4.78, 5) is 14.4. The molecular formula is C14H7F2NO. The van der Waals surface area contributed by atoms with Crippen LogP contribution in [0, 0.1) is 23.5 Å². The Morgan fingerprint density at radius 1 is 1.00 bits per heavy atom. The van der Waals surface area contributed by atoms with Crippen molar-refractivity contribution >= 4 is 6.29 Å². The van der Waals surface area contributed by atoms with Crippen LogP contribution in [0.5, 0.6) is 0 Å². The molecule has 18 heavy (non-hydrogen) atoms. The van der Waals surface area contributed by atoms with E-state index < -0.39 is 11.6 Å². The Labute approximate surface area is 102 Å². The largest absolute Gasteiger partial charge is 0.298 e. The molecule has 4 heteroatoms. The van der Waals surface area contributed by atoms with E-state index in [-0.39, 0.29) is 0 Å². The maximum absolute atomic E-state index is 12.9. The summed E-state index contributed by atoms with van der Waals surface area (Å²) in [6, 6.07) is 4.97. The van der Waals surface area contributed by atoms with Gasteiger partial charge in [0.25, 0.3) is 0 Å². The zero-order valence-corrected chi connectivity index (χ0v) is 9.15. The van der Waals surface area contributed by atoms with Gasteiger partial charge < -0.3 is 0 Å². The molecule has 2 aromatic rings. The van der Waals surface area contributed by atoms with Gasteiger partial charge in [-0.05, 0) is 24.3 Å². The third kappa shape index (κ3) is 2.77. The van der Waals surface area contributed by atoms with Gasteiger partial charge in [0.1, 0.15) is 0 Å². The first-order chi connectivity index (χ1) is 8.69. The Hall–Kier alpha value is -2.54. The number of hydrogen-bond acceptors (Lipinski definition) is 2. The first-order valence-electron chi connectivity index (χ1n) is 5.06. The van der Waals surface area contributed by atoms with Crippen molar-refractivity contribution in [3.05, 3.63) is 65.0 Å². The maximum atomic E-state index is 12.9. The molecule has 88 valence electrons. The molecule has 0 atom stereocenters. The minimum Gasteiger partial charge on any atom is -0.298 e.